The zero-order valence-electron chi connectivity index (χ0n) is 3.88. The van der Waals surface area contributed by atoms with Crippen molar-refractivity contribution in [2.45, 2.75) is 6.92 Å². The van der Waals surface area contributed by atoms with Crippen LogP contribution in [-0.2, 0) is 21.9 Å². The van der Waals surface area contributed by atoms with Crippen LogP contribution in [0.25, 0.3) is 0 Å². The first-order valence-corrected chi connectivity index (χ1v) is 1.51. The van der Waals surface area contributed by atoms with Gasteiger partial charge in [0.25, 0.3) is 0 Å². The van der Waals surface area contributed by atoms with Gasteiger partial charge in [0.1, 0.15) is 0 Å². The maximum Gasteiger partial charge on any atom is 0.0666 e. The smallest absolute Gasteiger partial charge is 0.0666 e. The molecular weight excluding hydrogens is 136 g/mol. The van der Waals surface area contributed by atoms with Crippen LogP contribution in [0.1, 0.15) is 6.92 Å². The normalized spacial score (nSPS) is 6.43. The number of hydrogen-bond donors (Lipinski definition) is 0. The number of carbonyl (C=O) groups excluding carboxylic acids is 1. The molecule has 0 spiro atoms. The predicted octanol–water partition coefficient (Wildman–Crippen LogP) is -0.690. The Kier molecular flexibility index (Phi) is 5.51. The Morgan fingerprint density at radius 3 is 1.86 bits per heavy atom. The van der Waals surface area contributed by atoms with E-state index in [4.69, 9.17) is 0 Å². The van der Waals surface area contributed by atoms with E-state index in [9.17, 15) is 9.90 Å². The summed E-state index contributed by atoms with van der Waals surface area (Å²) in [5.74, 6) is -1.19. The Hall–Kier alpha value is -0.271. The predicted molar refractivity (Wildman–Crippen MR) is 19.8 cm³/mol. The third-order valence-electron chi connectivity index (χ3n) is 0.348. The molecule has 0 atom stereocenters. The standard InChI is InChI=1S/C4H6O2.Fe/c1-3(2)4(5)6;/h1H2,2H3,(H,5,6);/p-1. The molecule has 0 bridgehead atoms. The number of carboxylic acids is 1. The summed E-state index contributed by atoms with van der Waals surface area (Å²) < 4.78 is 0. The van der Waals surface area contributed by atoms with Crippen molar-refractivity contribution in [3.63, 3.8) is 0 Å². The molecule has 0 heterocycles. The summed E-state index contributed by atoms with van der Waals surface area (Å²) in [6, 6.07) is 0. The van der Waals surface area contributed by atoms with Crippen molar-refractivity contribution in [3.05, 3.63) is 12.2 Å². The summed E-state index contributed by atoms with van der Waals surface area (Å²) in [6.07, 6.45) is 0. The fourth-order valence-electron chi connectivity index (χ4n) is 0. The minimum Gasteiger partial charge on any atom is -0.545 e. The SMILES string of the molecule is C=C(C)C(=O)[O-].[Fe]. The number of aliphatic carboxylic acids is 1. The summed E-state index contributed by atoms with van der Waals surface area (Å²) in [7, 11) is 0. The van der Waals surface area contributed by atoms with Crippen LogP contribution >= 0.6 is 0 Å². The molecule has 0 fully saturated rings. The fraction of sp³-hybridized carbons (Fsp3) is 0.250. The molecule has 0 aliphatic heterocycles. The van der Waals surface area contributed by atoms with Crippen molar-refractivity contribution in [2.75, 3.05) is 0 Å². The van der Waals surface area contributed by atoms with E-state index in [1.807, 2.05) is 0 Å². The third kappa shape index (κ3) is 5.73. The fourth-order valence-corrected chi connectivity index (χ4v) is 0. The Bertz CT molecular complexity index is 75.7. The van der Waals surface area contributed by atoms with Crippen LogP contribution in [0, 0.1) is 0 Å². The zero-order chi connectivity index (χ0) is 5.15. The molecule has 0 amide bonds. The molecule has 0 aliphatic carbocycles. The van der Waals surface area contributed by atoms with Gasteiger partial charge in [0.15, 0.2) is 0 Å². The van der Waals surface area contributed by atoms with Crippen LogP contribution in [-0.4, -0.2) is 5.97 Å². The first-order chi connectivity index (χ1) is 2.64. The molecule has 0 saturated carbocycles. The van der Waals surface area contributed by atoms with E-state index >= 15 is 0 Å². The van der Waals surface area contributed by atoms with Crippen molar-refractivity contribution in [1.82, 2.24) is 0 Å². The van der Waals surface area contributed by atoms with E-state index in [2.05, 4.69) is 6.58 Å². The molecule has 0 aromatic rings. The molecule has 0 saturated heterocycles. The van der Waals surface area contributed by atoms with Crippen LogP contribution in [0.5, 0.6) is 0 Å². The van der Waals surface area contributed by atoms with Gasteiger partial charge in [-0.15, -0.1) is 0 Å². The first kappa shape index (κ1) is 9.88. The molecule has 0 aliphatic rings. The number of rotatable bonds is 1. The maximum absolute atomic E-state index is 9.49. The molecule has 0 aromatic carbocycles. The van der Waals surface area contributed by atoms with E-state index in [1.165, 1.54) is 6.92 Å². The van der Waals surface area contributed by atoms with Gasteiger partial charge in [-0.3, -0.25) is 0 Å². The summed E-state index contributed by atoms with van der Waals surface area (Å²) in [5, 5.41) is 9.49. The van der Waals surface area contributed by atoms with Crippen LogP contribution in [0.2, 0.25) is 0 Å². The Morgan fingerprint density at radius 2 is 1.86 bits per heavy atom. The van der Waals surface area contributed by atoms with Gasteiger partial charge in [0.2, 0.25) is 0 Å². The van der Waals surface area contributed by atoms with Gasteiger partial charge in [-0.2, -0.15) is 0 Å². The molecule has 3 heteroatoms. The summed E-state index contributed by atoms with van der Waals surface area (Å²) in [4.78, 5) is 9.49. The van der Waals surface area contributed by atoms with Gasteiger partial charge in [-0.25, -0.2) is 0 Å². The summed E-state index contributed by atoms with van der Waals surface area (Å²) in [6.45, 7) is 4.48. The molecule has 0 radical (unpaired) electrons. The van der Waals surface area contributed by atoms with Crippen molar-refractivity contribution in [1.29, 1.82) is 0 Å². The first-order valence-electron chi connectivity index (χ1n) is 1.51. The van der Waals surface area contributed by atoms with Crippen LogP contribution in [0.4, 0.5) is 0 Å². The van der Waals surface area contributed by atoms with Gasteiger partial charge in [-0.1, -0.05) is 6.58 Å². The molecule has 0 N–H and O–H groups in total. The Labute approximate surface area is 52.7 Å². The molecule has 7 heavy (non-hydrogen) atoms. The molecule has 2 nitrogen and oxygen atoms in total. The Balaban J connectivity index is 0. The minimum atomic E-state index is -1.19. The quantitative estimate of drug-likeness (QED) is 0.358. The summed E-state index contributed by atoms with van der Waals surface area (Å²) >= 11 is 0. The second-order valence-electron chi connectivity index (χ2n) is 1.07. The second kappa shape index (κ2) is 3.90. The van der Waals surface area contributed by atoms with Crippen LogP contribution in [0.15, 0.2) is 12.2 Å². The van der Waals surface area contributed by atoms with Crippen LogP contribution in [0.3, 0.4) is 0 Å². The van der Waals surface area contributed by atoms with Crippen molar-refractivity contribution in [3.8, 4) is 0 Å². The van der Waals surface area contributed by atoms with E-state index in [-0.39, 0.29) is 22.6 Å². The molecular formula is C4H5FeO2-. The van der Waals surface area contributed by atoms with Crippen molar-refractivity contribution in [2.24, 2.45) is 0 Å². The van der Waals surface area contributed by atoms with Gasteiger partial charge in [-0.05, 0) is 12.5 Å². The molecule has 0 aromatic heterocycles. The number of hydrogen-bond acceptors (Lipinski definition) is 2. The topological polar surface area (TPSA) is 40.1 Å². The van der Waals surface area contributed by atoms with E-state index in [0.29, 0.717) is 0 Å². The van der Waals surface area contributed by atoms with Gasteiger partial charge in [0.05, 0.1) is 5.97 Å². The average Bonchev–Trinajstić information content (AvgIpc) is 1.36. The summed E-state index contributed by atoms with van der Waals surface area (Å²) in [5.41, 5.74) is 0.0648. The zero-order valence-corrected chi connectivity index (χ0v) is 4.98. The third-order valence-corrected chi connectivity index (χ3v) is 0.348. The number of carboxylic acid groups (broad SMARTS) is 1. The maximum atomic E-state index is 9.49. The molecule has 0 rings (SSSR count). The van der Waals surface area contributed by atoms with Gasteiger partial charge in [0, 0.05) is 17.1 Å². The van der Waals surface area contributed by atoms with E-state index in [1.54, 1.807) is 0 Å². The molecule has 42 valence electrons. The largest absolute Gasteiger partial charge is 0.545 e. The van der Waals surface area contributed by atoms with E-state index in [0.717, 1.165) is 0 Å². The Morgan fingerprint density at radius 1 is 1.71 bits per heavy atom. The van der Waals surface area contributed by atoms with Gasteiger partial charge >= 0.3 is 0 Å². The number of carbonyl (C=O) groups is 1. The minimum absolute atomic E-state index is 0. The average molecular weight is 141 g/mol. The van der Waals surface area contributed by atoms with Crippen molar-refractivity contribution < 1.29 is 27.0 Å². The van der Waals surface area contributed by atoms with Gasteiger partial charge < -0.3 is 9.90 Å². The van der Waals surface area contributed by atoms with Crippen molar-refractivity contribution >= 4 is 5.97 Å². The second-order valence-corrected chi connectivity index (χ2v) is 1.07. The van der Waals surface area contributed by atoms with E-state index < -0.39 is 5.97 Å². The van der Waals surface area contributed by atoms with Crippen LogP contribution < -0.4 is 5.11 Å². The molecule has 0 unspecified atom stereocenters. The monoisotopic (exact) mass is 141 g/mol.